The summed E-state index contributed by atoms with van der Waals surface area (Å²) in [5.41, 5.74) is 0.523. The number of nitrogens with zero attached hydrogens (tertiary/aromatic N) is 1. The largest absolute Gasteiger partial charge is 0.478 e. The molecule has 0 aliphatic heterocycles. The normalized spacial score (nSPS) is 10.1. The molecule has 0 atom stereocenters. The van der Waals surface area contributed by atoms with Crippen molar-refractivity contribution in [1.82, 2.24) is 4.98 Å². The number of carbonyl (C=O) groups excluding carboxylic acids is 1. The minimum atomic E-state index is -1.12. The highest BCUT2D eigenvalue weighted by Crippen LogP contribution is 2.22. The molecule has 102 valence electrons. The zero-order valence-electron chi connectivity index (χ0n) is 10.5. The van der Waals surface area contributed by atoms with Crippen molar-refractivity contribution in [3.05, 3.63) is 53.5 Å². The highest BCUT2D eigenvalue weighted by molar-refractivity contribution is 5.91. The SMILES string of the molecule is COC(=O)c1ccc(F)c(-c2ccc(C(=O)O)cn2)c1. The number of aromatic carboxylic acids is 1. The van der Waals surface area contributed by atoms with Crippen LogP contribution in [-0.2, 0) is 4.74 Å². The van der Waals surface area contributed by atoms with Gasteiger partial charge < -0.3 is 9.84 Å². The Balaban J connectivity index is 2.45. The number of esters is 1. The molecule has 1 N–H and O–H groups in total. The molecule has 5 nitrogen and oxygen atoms in total. The predicted octanol–water partition coefficient (Wildman–Crippen LogP) is 2.37. The number of ether oxygens (including phenoxy) is 1. The lowest BCUT2D eigenvalue weighted by atomic mass is 10.1. The van der Waals surface area contributed by atoms with Crippen molar-refractivity contribution >= 4 is 11.9 Å². The van der Waals surface area contributed by atoms with Crippen molar-refractivity contribution in [2.24, 2.45) is 0 Å². The predicted molar refractivity (Wildman–Crippen MR) is 67.9 cm³/mol. The van der Waals surface area contributed by atoms with Crippen molar-refractivity contribution in [2.45, 2.75) is 0 Å². The monoisotopic (exact) mass is 275 g/mol. The molecule has 0 bridgehead atoms. The van der Waals surface area contributed by atoms with Crippen LogP contribution in [0.1, 0.15) is 20.7 Å². The van der Waals surface area contributed by atoms with Gasteiger partial charge in [0.1, 0.15) is 5.82 Å². The van der Waals surface area contributed by atoms with Gasteiger partial charge >= 0.3 is 11.9 Å². The maximum Gasteiger partial charge on any atom is 0.337 e. The molecular formula is C14H10FNO4. The average Bonchev–Trinajstić information content (AvgIpc) is 2.47. The van der Waals surface area contributed by atoms with Crippen LogP contribution in [0.15, 0.2) is 36.5 Å². The molecule has 0 radical (unpaired) electrons. The third-order valence-electron chi connectivity index (χ3n) is 2.67. The summed E-state index contributed by atoms with van der Waals surface area (Å²) in [4.78, 5) is 26.0. The molecule has 0 spiro atoms. The van der Waals surface area contributed by atoms with Gasteiger partial charge in [-0.05, 0) is 30.3 Å². The molecule has 2 rings (SSSR count). The summed E-state index contributed by atoms with van der Waals surface area (Å²) in [7, 11) is 1.23. The zero-order chi connectivity index (χ0) is 14.7. The summed E-state index contributed by atoms with van der Waals surface area (Å²) < 4.78 is 18.3. The number of methoxy groups -OCH3 is 1. The van der Waals surface area contributed by atoms with Crippen LogP contribution >= 0.6 is 0 Å². The van der Waals surface area contributed by atoms with Gasteiger partial charge in [-0.1, -0.05) is 0 Å². The third kappa shape index (κ3) is 2.64. The fourth-order valence-corrected chi connectivity index (χ4v) is 1.65. The summed E-state index contributed by atoms with van der Waals surface area (Å²) in [6.07, 6.45) is 1.13. The molecular weight excluding hydrogens is 265 g/mol. The Morgan fingerprint density at radius 3 is 2.45 bits per heavy atom. The molecule has 0 fully saturated rings. The summed E-state index contributed by atoms with van der Waals surface area (Å²) in [5.74, 6) is -2.27. The fraction of sp³-hybridized carbons (Fsp3) is 0.0714. The number of carboxylic acid groups (broad SMARTS) is 1. The van der Waals surface area contributed by atoms with Gasteiger partial charge in [0.2, 0.25) is 0 Å². The van der Waals surface area contributed by atoms with Crippen molar-refractivity contribution in [3.8, 4) is 11.3 Å². The van der Waals surface area contributed by atoms with Gasteiger partial charge in [0.05, 0.1) is 23.9 Å². The average molecular weight is 275 g/mol. The second-order valence-electron chi connectivity index (χ2n) is 3.92. The van der Waals surface area contributed by atoms with E-state index in [1.54, 1.807) is 0 Å². The molecule has 20 heavy (non-hydrogen) atoms. The lowest BCUT2D eigenvalue weighted by Gasteiger charge is -2.05. The molecule has 1 aromatic carbocycles. The molecule has 0 unspecified atom stereocenters. The number of aromatic nitrogens is 1. The van der Waals surface area contributed by atoms with E-state index in [2.05, 4.69) is 9.72 Å². The minimum Gasteiger partial charge on any atom is -0.478 e. The van der Waals surface area contributed by atoms with Gasteiger partial charge in [0, 0.05) is 11.8 Å². The second-order valence-corrected chi connectivity index (χ2v) is 3.92. The molecule has 0 saturated carbocycles. The highest BCUT2D eigenvalue weighted by atomic mass is 19.1. The van der Waals surface area contributed by atoms with Crippen LogP contribution in [-0.4, -0.2) is 29.1 Å². The lowest BCUT2D eigenvalue weighted by Crippen LogP contribution is -2.02. The van der Waals surface area contributed by atoms with Crippen LogP contribution in [0.4, 0.5) is 4.39 Å². The van der Waals surface area contributed by atoms with Crippen LogP contribution in [0.5, 0.6) is 0 Å². The first kappa shape index (κ1) is 13.7. The van der Waals surface area contributed by atoms with Crippen molar-refractivity contribution < 1.29 is 23.8 Å². The fourth-order valence-electron chi connectivity index (χ4n) is 1.65. The van der Waals surface area contributed by atoms with Crippen molar-refractivity contribution in [2.75, 3.05) is 7.11 Å². The van der Waals surface area contributed by atoms with Crippen LogP contribution < -0.4 is 0 Å². The van der Waals surface area contributed by atoms with Gasteiger partial charge in [-0.2, -0.15) is 0 Å². The van der Waals surface area contributed by atoms with Crippen molar-refractivity contribution in [3.63, 3.8) is 0 Å². The van der Waals surface area contributed by atoms with Crippen LogP contribution in [0.25, 0.3) is 11.3 Å². The summed E-state index contributed by atoms with van der Waals surface area (Å²) in [6.45, 7) is 0. The molecule has 6 heteroatoms. The van der Waals surface area contributed by atoms with Crippen LogP contribution in [0.2, 0.25) is 0 Å². The Bertz CT molecular complexity index is 667. The lowest BCUT2D eigenvalue weighted by molar-refractivity contribution is 0.0600. The molecule has 2 aromatic rings. The smallest absolute Gasteiger partial charge is 0.337 e. The first-order valence-electron chi connectivity index (χ1n) is 5.60. The Kier molecular flexibility index (Phi) is 3.74. The first-order valence-corrected chi connectivity index (χ1v) is 5.60. The second kappa shape index (κ2) is 5.48. The van der Waals surface area contributed by atoms with E-state index in [1.807, 2.05) is 0 Å². The van der Waals surface area contributed by atoms with Crippen molar-refractivity contribution in [1.29, 1.82) is 0 Å². The maximum absolute atomic E-state index is 13.8. The van der Waals surface area contributed by atoms with E-state index in [1.165, 1.54) is 31.4 Å². The van der Waals surface area contributed by atoms with E-state index in [4.69, 9.17) is 5.11 Å². The molecule has 1 aromatic heterocycles. The number of pyridine rings is 1. The summed E-state index contributed by atoms with van der Waals surface area (Å²) >= 11 is 0. The number of benzene rings is 1. The quantitative estimate of drug-likeness (QED) is 0.870. The van der Waals surface area contributed by atoms with Gasteiger partial charge in [-0.25, -0.2) is 14.0 Å². The van der Waals surface area contributed by atoms with Gasteiger partial charge in [-0.15, -0.1) is 0 Å². The minimum absolute atomic E-state index is 0.00159. The number of halogens is 1. The number of hydrogen-bond donors (Lipinski definition) is 1. The highest BCUT2D eigenvalue weighted by Gasteiger charge is 2.13. The summed E-state index contributed by atoms with van der Waals surface area (Å²) in [6, 6.07) is 6.44. The Hall–Kier alpha value is -2.76. The number of carboxylic acids is 1. The van der Waals surface area contributed by atoms with E-state index >= 15 is 0 Å². The third-order valence-corrected chi connectivity index (χ3v) is 2.67. The topological polar surface area (TPSA) is 76.5 Å². The van der Waals surface area contributed by atoms with Crippen LogP contribution in [0.3, 0.4) is 0 Å². The van der Waals surface area contributed by atoms with E-state index in [-0.39, 0.29) is 22.4 Å². The molecule has 0 saturated heterocycles. The van der Waals surface area contributed by atoms with Gasteiger partial charge in [0.15, 0.2) is 0 Å². The summed E-state index contributed by atoms with van der Waals surface area (Å²) in [5, 5.41) is 8.77. The van der Waals surface area contributed by atoms with Gasteiger partial charge in [0.25, 0.3) is 0 Å². The number of carbonyl (C=O) groups is 2. The number of hydrogen-bond acceptors (Lipinski definition) is 4. The zero-order valence-corrected chi connectivity index (χ0v) is 10.5. The Labute approximate surface area is 113 Å². The first-order chi connectivity index (χ1) is 9.52. The van der Waals surface area contributed by atoms with E-state index < -0.39 is 17.8 Å². The van der Waals surface area contributed by atoms with Gasteiger partial charge in [-0.3, -0.25) is 4.98 Å². The number of rotatable bonds is 3. The molecule has 1 heterocycles. The molecule has 0 aliphatic rings. The molecule has 0 amide bonds. The Morgan fingerprint density at radius 1 is 1.20 bits per heavy atom. The standard InChI is InChI=1S/C14H10FNO4/c1-20-14(19)8-2-4-11(15)10(6-8)12-5-3-9(7-16-12)13(17)18/h2-7H,1H3,(H,17,18). The van der Waals surface area contributed by atoms with E-state index in [9.17, 15) is 14.0 Å². The van der Waals surface area contributed by atoms with E-state index in [0.29, 0.717) is 0 Å². The molecule has 0 aliphatic carbocycles. The van der Waals surface area contributed by atoms with Crippen LogP contribution in [0, 0.1) is 5.82 Å². The Morgan fingerprint density at radius 2 is 1.90 bits per heavy atom. The maximum atomic E-state index is 13.8. The van der Waals surface area contributed by atoms with E-state index in [0.717, 1.165) is 12.3 Å².